The van der Waals surface area contributed by atoms with Gasteiger partial charge in [-0.2, -0.15) is 5.10 Å². The summed E-state index contributed by atoms with van der Waals surface area (Å²) in [7, 11) is 3.20. The molecule has 3 atom stereocenters. The van der Waals surface area contributed by atoms with Crippen LogP contribution in [-0.2, 0) is 16.0 Å². The molecule has 3 amide bonds. The Bertz CT molecular complexity index is 1290. The summed E-state index contributed by atoms with van der Waals surface area (Å²) < 4.78 is 11.0. The zero-order valence-electron chi connectivity index (χ0n) is 23.5. The van der Waals surface area contributed by atoms with Crippen molar-refractivity contribution in [3.8, 4) is 11.5 Å². The Hall–Kier alpha value is -4.15. The standard InChI is InChI=1S/C30H37N5O6/c1-40-25-10-9-20(17-26(25)41-2)27-22-7-3-4-8-23(22)28(36)35(33-27)21-11-14-34(15-12-21)29(37)24(32-30(38)39)16-19-6-5-13-31-18-19/h5-6,9-10,13,17-18,21-24,32H,3-4,7-8,11-12,14-16H2,1-2H3,(H,38,39)/t22-,23+,24-/m0/s1. The van der Waals surface area contributed by atoms with Crippen molar-refractivity contribution in [2.24, 2.45) is 16.9 Å². The highest BCUT2D eigenvalue weighted by Gasteiger charge is 2.44. The van der Waals surface area contributed by atoms with E-state index >= 15 is 0 Å². The second-order valence-corrected chi connectivity index (χ2v) is 10.9. The first-order chi connectivity index (χ1) is 19.9. The largest absolute Gasteiger partial charge is 0.493 e. The fourth-order valence-electron chi connectivity index (χ4n) is 6.35. The SMILES string of the molecule is COc1ccc(C2=NN(C3CCN(C(=O)[C@H](Cc4cccnc4)NC(=O)O)CC3)C(=O)[C@@H]3CCCC[C@H]23)cc1OC. The van der Waals surface area contributed by atoms with Crippen molar-refractivity contribution in [3.05, 3.63) is 53.9 Å². The summed E-state index contributed by atoms with van der Waals surface area (Å²) in [6.07, 6.45) is 7.17. The number of pyridine rings is 1. The number of likely N-dealkylation sites (tertiary alicyclic amines) is 1. The number of benzene rings is 1. The zero-order chi connectivity index (χ0) is 28.9. The molecule has 0 radical (unpaired) electrons. The summed E-state index contributed by atoms with van der Waals surface area (Å²) in [5.74, 6) is 0.977. The molecule has 1 aromatic heterocycles. The van der Waals surface area contributed by atoms with E-state index in [0.29, 0.717) is 37.4 Å². The molecule has 1 saturated heterocycles. The number of amides is 3. The van der Waals surface area contributed by atoms with E-state index in [-0.39, 0.29) is 36.1 Å². The van der Waals surface area contributed by atoms with Crippen LogP contribution < -0.4 is 14.8 Å². The maximum absolute atomic E-state index is 13.7. The van der Waals surface area contributed by atoms with Crippen LogP contribution in [0.3, 0.4) is 0 Å². The minimum Gasteiger partial charge on any atom is -0.493 e. The summed E-state index contributed by atoms with van der Waals surface area (Å²) in [6.45, 7) is 0.820. The molecule has 11 heteroatoms. The van der Waals surface area contributed by atoms with Crippen LogP contribution in [0.1, 0.15) is 49.7 Å². The molecular weight excluding hydrogens is 526 g/mol. The van der Waals surface area contributed by atoms with Crippen molar-refractivity contribution >= 4 is 23.6 Å². The lowest BCUT2D eigenvalue weighted by molar-refractivity contribution is -0.143. The van der Waals surface area contributed by atoms with Crippen LogP contribution in [-0.4, -0.2) is 83.0 Å². The molecule has 1 saturated carbocycles. The average molecular weight is 564 g/mol. The highest BCUT2D eigenvalue weighted by atomic mass is 16.5. The van der Waals surface area contributed by atoms with Gasteiger partial charge >= 0.3 is 6.09 Å². The van der Waals surface area contributed by atoms with Crippen LogP contribution in [0.25, 0.3) is 0 Å². The van der Waals surface area contributed by atoms with Gasteiger partial charge in [0.2, 0.25) is 11.8 Å². The molecule has 3 aliphatic rings. The molecule has 11 nitrogen and oxygen atoms in total. The summed E-state index contributed by atoms with van der Waals surface area (Å²) in [5.41, 5.74) is 2.59. The van der Waals surface area contributed by atoms with E-state index in [2.05, 4.69) is 10.3 Å². The van der Waals surface area contributed by atoms with Gasteiger partial charge in [0.15, 0.2) is 11.5 Å². The van der Waals surface area contributed by atoms with Gasteiger partial charge in [0.05, 0.1) is 26.0 Å². The topological polar surface area (TPSA) is 134 Å². The lowest BCUT2D eigenvalue weighted by atomic mass is 9.73. The highest BCUT2D eigenvalue weighted by molar-refractivity contribution is 6.07. The third-order valence-corrected chi connectivity index (χ3v) is 8.44. The number of ether oxygens (including phenoxy) is 2. The number of carbonyl (C=O) groups excluding carboxylic acids is 2. The van der Waals surface area contributed by atoms with Crippen molar-refractivity contribution in [1.82, 2.24) is 20.2 Å². The first-order valence-electron chi connectivity index (χ1n) is 14.2. The maximum Gasteiger partial charge on any atom is 0.405 e. The minimum atomic E-state index is -1.25. The Morgan fingerprint density at radius 2 is 1.78 bits per heavy atom. The molecule has 2 fully saturated rings. The van der Waals surface area contributed by atoms with E-state index in [1.807, 2.05) is 24.3 Å². The molecule has 2 aromatic rings. The molecule has 0 unspecified atom stereocenters. The van der Waals surface area contributed by atoms with E-state index in [1.54, 1.807) is 42.6 Å². The van der Waals surface area contributed by atoms with Gasteiger partial charge in [-0.3, -0.25) is 14.6 Å². The van der Waals surface area contributed by atoms with Crippen molar-refractivity contribution in [2.75, 3.05) is 27.3 Å². The Balaban J connectivity index is 1.34. The van der Waals surface area contributed by atoms with Gasteiger partial charge in [-0.05, 0) is 55.5 Å². The molecule has 3 heterocycles. The van der Waals surface area contributed by atoms with Crippen molar-refractivity contribution in [3.63, 3.8) is 0 Å². The van der Waals surface area contributed by atoms with E-state index in [1.165, 1.54) is 0 Å². The van der Waals surface area contributed by atoms with E-state index in [4.69, 9.17) is 14.6 Å². The molecular formula is C30H37N5O6. The summed E-state index contributed by atoms with van der Waals surface area (Å²) in [5, 5.41) is 18.4. The number of nitrogens with zero attached hydrogens (tertiary/aromatic N) is 4. The van der Waals surface area contributed by atoms with E-state index in [9.17, 15) is 19.5 Å². The number of hydrazone groups is 1. The minimum absolute atomic E-state index is 0.0580. The van der Waals surface area contributed by atoms with Crippen LogP contribution in [0, 0.1) is 11.8 Å². The lowest BCUT2D eigenvalue weighted by Gasteiger charge is -2.43. The number of carbonyl (C=O) groups is 3. The van der Waals surface area contributed by atoms with Gasteiger partial charge in [0, 0.05) is 49.3 Å². The number of aromatic nitrogens is 1. The van der Waals surface area contributed by atoms with Gasteiger partial charge in [-0.15, -0.1) is 0 Å². The van der Waals surface area contributed by atoms with Crippen LogP contribution in [0.5, 0.6) is 11.5 Å². The number of carboxylic acid groups (broad SMARTS) is 1. The number of hydrogen-bond acceptors (Lipinski definition) is 7. The smallest absolute Gasteiger partial charge is 0.405 e. The Morgan fingerprint density at radius 1 is 1.05 bits per heavy atom. The predicted molar refractivity (Wildman–Crippen MR) is 151 cm³/mol. The van der Waals surface area contributed by atoms with Crippen LogP contribution in [0.4, 0.5) is 4.79 Å². The number of piperidine rings is 1. The Kier molecular flexibility index (Phi) is 8.70. The normalized spacial score (nSPS) is 21.9. The molecule has 2 N–H and O–H groups in total. The first kappa shape index (κ1) is 28.4. The quantitative estimate of drug-likeness (QED) is 0.503. The molecule has 2 aliphatic heterocycles. The number of rotatable bonds is 8. The molecule has 0 spiro atoms. The number of fused-ring (bicyclic) bond motifs is 1. The molecule has 41 heavy (non-hydrogen) atoms. The first-order valence-corrected chi connectivity index (χ1v) is 14.2. The second kappa shape index (κ2) is 12.6. The number of methoxy groups -OCH3 is 2. The maximum atomic E-state index is 13.7. The second-order valence-electron chi connectivity index (χ2n) is 10.9. The number of nitrogens with one attached hydrogen (secondary N) is 1. The Morgan fingerprint density at radius 3 is 2.44 bits per heavy atom. The fraction of sp³-hybridized carbons (Fsp3) is 0.500. The summed E-state index contributed by atoms with van der Waals surface area (Å²) >= 11 is 0. The van der Waals surface area contributed by atoms with Crippen LogP contribution in [0.15, 0.2) is 47.8 Å². The Labute approximate surface area is 239 Å². The van der Waals surface area contributed by atoms with Crippen molar-refractivity contribution < 1.29 is 29.0 Å². The van der Waals surface area contributed by atoms with Gasteiger partial charge in [0.1, 0.15) is 6.04 Å². The molecule has 0 bridgehead atoms. The third kappa shape index (κ3) is 6.13. The summed E-state index contributed by atoms with van der Waals surface area (Å²) in [4.78, 5) is 44.3. The third-order valence-electron chi connectivity index (χ3n) is 8.44. The number of hydrogen-bond donors (Lipinski definition) is 2. The fourth-order valence-corrected chi connectivity index (χ4v) is 6.35. The highest BCUT2D eigenvalue weighted by Crippen LogP contribution is 2.40. The van der Waals surface area contributed by atoms with Crippen molar-refractivity contribution in [1.29, 1.82) is 0 Å². The summed E-state index contributed by atoms with van der Waals surface area (Å²) in [6, 6.07) is 8.28. The van der Waals surface area contributed by atoms with Crippen molar-refractivity contribution in [2.45, 2.75) is 57.0 Å². The van der Waals surface area contributed by atoms with Gasteiger partial charge in [-0.1, -0.05) is 18.9 Å². The van der Waals surface area contributed by atoms with Crippen LogP contribution >= 0.6 is 0 Å². The van der Waals surface area contributed by atoms with Gasteiger partial charge < -0.3 is 24.8 Å². The monoisotopic (exact) mass is 563 g/mol. The average Bonchev–Trinajstić information content (AvgIpc) is 3.01. The van der Waals surface area contributed by atoms with Crippen LogP contribution in [0.2, 0.25) is 0 Å². The van der Waals surface area contributed by atoms with Gasteiger partial charge in [-0.25, -0.2) is 9.80 Å². The predicted octanol–water partition coefficient (Wildman–Crippen LogP) is 3.32. The van der Waals surface area contributed by atoms with Gasteiger partial charge in [0.25, 0.3) is 0 Å². The zero-order valence-corrected chi connectivity index (χ0v) is 23.5. The van der Waals surface area contributed by atoms with E-state index in [0.717, 1.165) is 42.5 Å². The lowest BCUT2D eigenvalue weighted by Crippen LogP contribution is -2.55. The molecule has 1 aromatic carbocycles. The molecule has 5 rings (SSSR count). The molecule has 1 aliphatic carbocycles. The van der Waals surface area contributed by atoms with E-state index < -0.39 is 12.1 Å². The molecule has 218 valence electrons.